The lowest BCUT2D eigenvalue weighted by atomic mass is 10.0. The Kier molecular flexibility index (Phi) is 2.19. The molecule has 1 aromatic carbocycles. The average Bonchev–Trinajstić information content (AvgIpc) is 2.65. The number of hydrogen-bond donors (Lipinski definition) is 1. The van der Waals surface area contributed by atoms with Crippen molar-refractivity contribution < 1.29 is 14.6 Å². The van der Waals surface area contributed by atoms with Crippen molar-refractivity contribution in [3.8, 4) is 5.75 Å². The van der Waals surface area contributed by atoms with Crippen molar-refractivity contribution in [2.75, 3.05) is 7.11 Å². The van der Waals surface area contributed by atoms with Gasteiger partial charge in [0.2, 0.25) is 0 Å². The van der Waals surface area contributed by atoms with Crippen LogP contribution in [0.5, 0.6) is 5.75 Å². The lowest BCUT2D eigenvalue weighted by Crippen LogP contribution is -2.04. The first kappa shape index (κ1) is 9.71. The fourth-order valence-corrected chi connectivity index (χ4v) is 1.79. The molecule has 0 unspecified atom stereocenters. The quantitative estimate of drug-likeness (QED) is 0.710. The van der Waals surface area contributed by atoms with Crippen LogP contribution < -0.4 is 0 Å². The van der Waals surface area contributed by atoms with Gasteiger partial charge in [-0.3, -0.25) is 4.99 Å². The van der Waals surface area contributed by atoms with Crippen molar-refractivity contribution in [2.24, 2.45) is 4.99 Å². The summed E-state index contributed by atoms with van der Waals surface area (Å²) >= 11 is 0. The molecule has 0 saturated carbocycles. The van der Waals surface area contributed by atoms with E-state index in [1.54, 1.807) is 19.2 Å². The first-order valence-electron chi connectivity index (χ1n) is 4.61. The van der Waals surface area contributed by atoms with E-state index in [-0.39, 0.29) is 11.3 Å². The summed E-state index contributed by atoms with van der Waals surface area (Å²) in [5.41, 5.74) is 2.59. The summed E-state index contributed by atoms with van der Waals surface area (Å²) in [4.78, 5) is 15.6. The van der Waals surface area contributed by atoms with Crippen LogP contribution in [0.4, 0.5) is 5.69 Å². The van der Waals surface area contributed by atoms with E-state index in [0.29, 0.717) is 12.0 Å². The highest BCUT2D eigenvalue weighted by molar-refractivity contribution is 5.97. The van der Waals surface area contributed by atoms with Gasteiger partial charge in [0, 0.05) is 12.6 Å². The number of ether oxygens (including phenoxy) is 1. The lowest BCUT2D eigenvalue weighted by Gasteiger charge is -2.09. The third kappa shape index (κ3) is 1.38. The Morgan fingerprint density at radius 1 is 1.60 bits per heavy atom. The van der Waals surface area contributed by atoms with Gasteiger partial charge in [0.25, 0.3) is 0 Å². The van der Waals surface area contributed by atoms with Crippen molar-refractivity contribution >= 4 is 17.9 Å². The number of nitrogens with zero attached hydrogens (tertiary/aromatic N) is 1. The maximum atomic E-state index is 11.4. The van der Waals surface area contributed by atoms with E-state index in [9.17, 15) is 9.90 Å². The first-order chi connectivity index (χ1) is 7.15. The predicted molar refractivity (Wildman–Crippen MR) is 56.0 cm³/mol. The van der Waals surface area contributed by atoms with Crippen LogP contribution in [0.3, 0.4) is 0 Å². The van der Waals surface area contributed by atoms with Crippen molar-refractivity contribution in [1.29, 1.82) is 0 Å². The fraction of sp³-hybridized carbons (Fsp3) is 0.273. The van der Waals surface area contributed by atoms with Crippen LogP contribution in [0.2, 0.25) is 0 Å². The SMILES string of the molecule is COC(=O)c1c(O)cc2c(c1C)N=CC2. The minimum absolute atomic E-state index is 0.0383. The second kappa shape index (κ2) is 3.38. The van der Waals surface area contributed by atoms with Crippen LogP contribution in [-0.4, -0.2) is 24.4 Å². The second-order valence-electron chi connectivity index (χ2n) is 3.41. The molecular weight excluding hydrogens is 194 g/mol. The molecule has 4 heteroatoms. The Morgan fingerprint density at radius 3 is 3.00 bits per heavy atom. The van der Waals surface area contributed by atoms with Crippen LogP contribution in [0.1, 0.15) is 21.5 Å². The summed E-state index contributed by atoms with van der Waals surface area (Å²) < 4.78 is 4.61. The third-order valence-corrected chi connectivity index (χ3v) is 2.52. The van der Waals surface area contributed by atoms with Gasteiger partial charge in [0.1, 0.15) is 11.3 Å². The van der Waals surface area contributed by atoms with E-state index in [0.717, 1.165) is 11.3 Å². The fourth-order valence-electron chi connectivity index (χ4n) is 1.79. The molecule has 0 saturated heterocycles. The number of phenols is 1. The number of methoxy groups -OCH3 is 1. The molecule has 0 spiro atoms. The number of aliphatic imine (C=N–C) groups is 1. The minimum atomic E-state index is -0.532. The van der Waals surface area contributed by atoms with Crippen LogP contribution in [0.25, 0.3) is 0 Å². The normalized spacial score (nSPS) is 12.7. The molecule has 0 atom stereocenters. The Bertz CT molecular complexity index is 463. The molecule has 1 aromatic rings. The minimum Gasteiger partial charge on any atom is -0.507 e. The van der Waals surface area contributed by atoms with Gasteiger partial charge in [-0.1, -0.05) is 0 Å². The zero-order chi connectivity index (χ0) is 11.0. The van der Waals surface area contributed by atoms with Crippen LogP contribution in [0.15, 0.2) is 11.1 Å². The molecule has 0 aromatic heterocycles. The number of carbonyl (C=O) groups is 1. The maximum absolute atomic E-state index is 11.4. The Labute approximate surface area is 87.2 Å². The number of benzene rings is 1. The number of phenolic OH excluding ortho intramolecular Hbond substituents is 1. The number of carbonyl (C=O) groups excluding carboxylic acids is 1. The molecule has 1 heterocycles. The highest BCUT2D eigenvalue weighted by atomic mass is 16.5. The first-order valence-corrected chi connectivity index (χ1v) is 4.61. The van der Waals surface area contributed by atoms with Gasteiger partial charge >= 0.3 is 5.97 Å². The number of rotatable bonds is 1. The summed E-state index contributed by atoms with van der Waals surface area (Å²) in [5, 5.41) is 9.70. The average molecular weight is 205 g/mol. The highest BCUT2D eigenvalue weighted by Gasteiger charge is 2.21. The molecule has 0 amide bonds. The topological polar surface area (TPSA) is 58.9 Å². The predicted octanol–water partition coefficient (Wildman–Crippen LogP) is 1.75. The van der Waals surface area contributed by atoms with Gasteiger partial charge in [-0.05, 0) is 24.1 Å². The Hall–Kier alpha value is -1.84. The van der Waals surface area contributed by atoms with E-state index >= 15 is 0 Å². The van der Waals surface area contributed by atoms with Crippen LogP contribution in [-0.2, 0) is 11.2 Å². The molecule has 4 nitrogen and oxygen atoms in total. The van der Waals surface area contributed by atoms with E-state index in [2.05, 4.69) is 9.73 Å². The smallest absolute Gasteiger partial charge is 0.341 e. The maximum Gasteiger partial charge on any atom is 0.341 e. The van der Waals surface area contributed by atoms with Gasteiger partial charge < -0.3 is 9.84 Å². The Morgan fingerprint density at radius 2 is 2.33 bits per heavy atom. The Balaban J connectivity index is 2.65. The molecule has 1 N–H and O–H groups in total. The van der Waals surface area contributed by atoms with Crippen molar-refractivity contribution in [1.82, 2.24) is 0 Å². The van der Waals surface area contributed by atoms with Crippen LogP contribution in [0, 0.1) is 6.92 Å². The summed E-state index contributed by atoms with van der Waals surface area (Å²) in [5.74, 6) is -0.571. The zero-order valence-corrected chi connectivity index (χ0v) is 8.57. The molecule has 78 valence electrons. The highest BCUT2D eigenvalue weighted by Crippen LogP contribution is 2.36. The number of fused-ring (bicyclic) bond motifs is 1. The summed E-state index contributed by atoms with van der Waals surface area (Å²) in [6.45, 7) is 1.76. The van der Waals surface area contributed by atoms with E-state index in [1.807, 2.05) is 0 Å². The molecular formula is C11H11NO3. The lowest BCUT2D eigenvalue weighted by molar-refractivity contribution is 0.0596. The molecule has 15 heavy (non-hydrogen) atoms. The van der Waals surface area contributed by atoms with Gasteiger partial charge in [-0.2, -0.15) is 0 Å². The van der Waals surface area contributed by atoms with E-state index < -0.39 is 5.97 Å². The number of aromatic hydroxyl groups is 1. The number of hydrogen-bond acceptors (Lipinski definition) is 4. The molecule has 1 aliphatic rings. The largest absolute Gasteiger partial charge is 0.507 e. The van der Waals surface area contributed by atoms with Gasteiger partial charge in [-0.25, -0.2) is 4.79 Å². The zero-order valence-electron chi connectivity index (χ0n) is 8.57. The van der Waals surface area contributed by atoms with Crippen molar-refractivity contribution in [3.63, 3.8) is 0 Å². The third-order valence-electron chi connectivity index (χ3n) is 2.52. The molecule has 0 fully saturated rings. The molecule has 0 bridgehead atoms. The summed E-state index contributed by atoms with van der Waals surface area (Å²) in [6.07, 6.45) is 2.46. The summed E-state index contributed by atoms with van der Waals surface area (Å²) in [6, 6.07) is 1.57. The monoisotopic (exact) mass is 205 g/mol. The van der Waals surface area contributed by atoms with E-state index in [4.69, 9.17) is 0 Å². The van der Waals surface area contributed by atoms with Gasteiger partial charge in [0.15, 0.2) is 0 Å². The van der Waals surface area contributed by atoms with Gasteiger partial charge in [-0.15, -0.1) is 0 Å². The van der Waals surface area contributed by atoms with Crippen molar-refractivity contribution in [2.45, 2.75) is 13.3 Å². The molecule has 2 rings (SSSR count). The summed E-state index contributed by atoms with van der Waals surface area (Å²) in [7, 11) is 1.29. The molecule has 1 aliphatic heterocycles. The van der Waals surface area contributed by atoms with Gasteiger partial charge in [0.05, 0.1) is 12.8 Å². The number of esters is 1. The molecule has 0 aliphatic carbocycles. The van der Waals surface area contributed by atoms with Crippen LogP contribution >= 0.6 is 0 Å². The second-order valence-corrected chi connectivity index (χ2v) is 3.41. The van der Waals surface area contributed by atoms with Crippen molar-refractivity contribution in [3.05, 3.63) is 22.8 Å². The standard InChI is InChI=1S/C11H11NO3/c1-6-9(11(14)15-2)8(13)5-7-3-4-12-10(6)7/h4-5,13H,3H2,1-2H3. The molecule has 0 radical (unpaired) electrons. The van der Waals surface area contributed by atoms with E-state index in [1.165, 1.54) is 7.11 Å².